The fraction of sp³-hybridized carbons (Fsp3) is 0.188. The van der Waals surface area contributed by atoms with Crippen LogP contribution in [0.2, 0.25) is 5.15 Å². The number of tetrazole rings is 1. The maximum absolute atomic E-state index is 12.2. The summed E-state index contributed by atoms with van der Waals surface area (Å²) in [4.78, 5) is 16.1. The fourth-order valence-electron chi connectivity index (χ4n) is 2.13. The third-order valence-corrected chi connectivity index (χ3v) is 4.42. The molecule has 1 aromatic carbocycles. The number of nitrogens with zero attached hydrogens (tertiary/aromatic N) is 5. The lowest BCUT2D eigenvalue weighted by Gasteiger charge is -2.10. The Kier molecular flexibility index (Phi) is 6.03. The number of carbonyl (C=O) groups is 1. The predicted molar refractivity (Wildman–Crippen MR) is 98.9 cm³/mol. The third kappa shape index (κ3) is 4.30. The van der Waals surface area contributed by atoms with Crippen molar-refractivity contribution >= 4 is 35.0 Å². The molecule has 134 valence electrons. The summed E-state index contributed by atoms with van der Waals surface area (Å²) in [7, 11) is 0. The highest BCUT2D eigenvalue weighted by Gasteiger charge is 2.15. The average Bonchev–Trinajstić information content (AvgIpc) is 3.11. The van der Waals surface area contributed by atoms with Gasteiger partial charge in [-0.3, -0.25) is 4.79 Å². The van der Waals surface area contributed by atoms with E-state index in [4.69, 9.17) is 16.3 Å². The van der Waals surface area contributed by atoms with Crippen molar-refractivity contribution in [3.63, 3.8) is 0 Å². The van der Waals surface area contributed by atoms with Crippen molar-refractivity contribution in [2.45, 2.75) is 12.1 Å². The summed E-state index contributed by atoms with van der Waals surface area (Å²) in [5, 5.41) is 15.1. The van der Waals surface area contributed by atoms with Crippen molar-refractivity contribution in [2.24, 2.45) is 0 Å². The number of amides is 1. The quantitative estimate of drug-likeness (QED) is 0.489. The van der Waals surface area contributed by atoms with Gasteiger partial charge >= 0.3 is 0 Å². The van der Waals surface area contributed by atoms with Crippen molar-refractivity contribution in [2.75, 3.05) is 17.7 Å². The molecule has 0 aliphatic carbocycles. The molecule has 0 bridgehead atoms. The Bertz CT molecular complexity index is 904. The maximum atomic E-state index is 12.2. The van der Waals surface area contributed by atoms with Gasteiger partial charge in [0, 0.05) is 6.20 Å². The van der Waals surface area contributed by atoms with E-state index in [1.165, 1.54) is 11.8 Å². The normalized spacial score (nSPS) is 10.5. The molecule has 0 aliphatic heterocycles. The van der Waals surface area contributed by atoms with Crippen LogP contribution in [0.25, 0.3) is 5.69 Å². The van der Waals surface area contributed by atoms with E-state index in [1.807, 2.05) is 31.2 Å². The van der Waals surface area contributed by atoms with Crippen LogP contribution in [0, 0.1) is 0 Å². The Morgan fingerprint density at radius 1 is 1.31 bits per heavy atom. The average molecular weight is 391 g/mol. The number of carbonyl (C=O) groups excluding carboxylic acids is 1. The van der Waals surface area contributed by atoms with E-state index in [0.29, 0.717) is 28.9 Å². The van der Waals surface area contributed by atoms with E-state index in [2.05, 4.69) is 25.8 Å². The second-order valence-electron chi connectivity index (χ2n) is 4.95. The second-order valence-corrected chi connectivity index (χ2v) is 6.25. The van der Waals surface area contributed by atoms with Gasteiger partial charge in [0.1, 0.15) is 11.4 Å². The number of aromatic nitrogens is 5. The summed E-state index contributed by atoms with van der Waals surface area (Å²) in [6, 6.07) is 10.8. The Balaban J connectivity index is 1.70. The van der Waals surface area contributed by atoms with Crippen molar-refractivity contribution in [1.29, 1.82) is 0 Å². The van der Waals surface area contributed by atoms with E-state index in [9.17, 15) is 4.79 Å². The molecule has 3 aromatic rings. The first-order valence-electron chi connectivity index (χ1n) is 7.72. The molecule has 8 nitrogen and oxygen atoms in total. The molecule has 0 saturated carbocycles. The zero-order valence-electron chi connectivity index (χ0n) is 13.8. The fourth-order valence-corrected chi connectivity index (χ4v) is 2.98. The van der Waals surface area contributed by atoms with Gasteiger partial charge in [0.25, 0.3) is 0 Å². The minimum atomic E-state index is -0.238. The Hall–Kier alpha value is -2.65. The van der Waals surface area contributed by atoms with Gasteiger partial charge < -0.3 is 10.1 Å². The lowest BCUT2D eigenvalue weighted by atomic mass is 10.3. The molecule has 2 aromatic heterocycles. The number of anilines is 1. The molecule has 0 atom stereocenters. The van der Waals surface area contributed by atoms with Gasteiger partial charge in [0.05, 0.1) is 18.0 Å². The summed E-state index contributed by atoms with van der Waals surface area (Å²) < 4.78 is 7.15. The zero-order valence-corrected chi connectivity index (χ0v) is 15.4. The van der Waals surface area contributed by atoms with Gasteiger partial charge in [0.2, 0.25) is 11.1 Å². The van der Waals surface area contributed by atoms with Crippen LogP contribution in [0.4, 0.5) is 5.69 Å². The number of halogens is 1. The van der Waals surface area contributed by atoms with Crippen LogP contribution in [-0.2, 0) is 4.79 Å². The summed E-state index contributed by atoms with van der Waals surface area (Å²) in [5.41, 5.74) is 1.17. The Labute approximate surface area is 158 Å². The molecule has 0 radical (unpaired) electrons. The first kappa shape index (κ1) is 18.2. The molecule has 1 N–H and O–H groups in total. The second kappa shape index (κ2) is 8.63. The number of thioether (sulfide) groups is 1. The highest BCUT2D eigenvalue weighted by Crippen LogP contribution is 2.26. The number of hydrogen-bond acceptors (Lipinski definition) is 7. The molecule has 0 saturated heterocycles. The van der Waals surface area contributed by atoms with Gasteiger partial charge in [0.15, 0.2) is 5.15 Å². The number of pyridine rings is 1. The number of nitrogens with one attached hydrogen (secondary N) is 1. The van der Waals surface area contributed by atoms with Gasteiger partial charge in [-0.15, -0.1) is 5.10 Å². The number of ether oxygens (including phenoxy) is 1. The highest BCUT2D eigenvalue weighted by molar-refractivity contribution is 7.99. The monoisotopic (exact) mass is 390 g/mol. The summed E-state index contributed by atoms with van der Waals surface area (Å²) in [5.74, 6) is 0.538. The van der Waals surface area contributed by atoms with Gasteiger partial charge in [-0.2, -0.15) is 4.68 Å². The Morgan fingerprint density at radius 2 is 2.15 bits per heavy atom. The lowest BCUT2D eigenvalue weighted by Crippen LogP contribution is -2.15. The number of benzene rings is 1. The smallest absolute Gasteiger partial charge is 0.234 e. The molecule has 3 rings (SSSR count). The van der Waals surface area contributed by atoms with E-state index >= 15 is 0 Å². The van der Waals surface area contributed by atoms with Gasteiger partial charge in [-0.05, 0) is 41.6 Å². The zero-order chi connectivity index (χ0) is 18.4. The van der Waals surface area contributed by atoms with Crippen LogP contribution < -0.4 is 10.1 Å². The molecule has 0 aliphatic rings. The third-order valence-electron chi connectivity index (χ3n) is 3.20. The topological polar surface area (TPSA) is 94.8 Å². The van der Waals surface area contributed by atoms with Crippen LogP contribution in [0.15, 0.2) is 47.8 Å². The maximum Gasteiger partial charge on any atom is 0.234 e. The number of para-hydroxylation sites is 2. The van der Waals surface area contributed by atoms with Crippen LogP contribution in [-0.4, -0.2) is 43.5 Å². The molecular weight excluding hydrogens is 376 g/mol. The molecule has 10 heteroatoms. The van der Waals surface area contributed by atoms with E-state index in [0.717, 1.165) is 0 Å². The molecular formula is C16H15ClN6O2S. The van der Waals surface area contributed by atoms with Gasteiger partial charge in [-0.25, -0.2) is 4.98 Å². The molecule has 2 heterocycles. The standard InChI is InChI=1S/C16H15ClN6O2S/c1-2-25-13-8-4-3-7-12(13)23-16(20-21-22-23)26-10-14(24)19-11-6-5-9-18-15(11)17/h3-9H,2,10H2,1H3,(H,19,24). The largest absolute Gasteiger partial charge is 0.492 e. The van der Waals surface area contributed by atoms with Crippen LogP contribution >= 0.6 is 23.4 Å². The molecule has 26 heavy (non-hydrogen) atoms. The molecule has 0 fully saturated rings. The van der Waals surface area contributed by atoms with E-state index < -0.39 is 0 Å². The Morgan fingerprint density at radius 3 is 2.96 bits per heavy atom. The highest BCUT2D eigenvalue weighted by atomic mass is 35.5. The lowest BCUT2D eigenvalue weighted by molar-refractivity contribution is -0.113. The summed E-state index contributed by atoms with van der Waals surface area (Å²) >= 11 is 7.14. The minimum absolute atomic E-state index is 0.113. The van der Waals surface area contributed by atoms with Crippen molar-refractivity contribution < 1.29 is 9.53 Å². The van der Waals surface area contributed by atoms with Crippen molar-refractivity contribution in [3.8, 4) is 11.4 Å². The van der Waals surface area contributed by atoms with Crippen LogP contribution in [0.3, 0.4) is 0 Å². The first-order valence-corrected chi connectivity index (χ1v) is 9.09. The van der Waals surface area contributed by atoms with Crippen molar-refractivity contribution in [3.05, 3.63) is 47.7 Å². The minimum Gasteiger partial charge on any atom is -0.492 e. The van der Waals surface area contributed by atoms with E-state index in [1.54, 1.807) is 23.0 Å². The molecule has 1 amide bonds. The number of rotatable bonds is 7. The van der Waals surface area contributed by atoms with Crippen LogP contribution in [0.1, 0.15) is 6.92 Å². The number of hydrogen-bond donors (Lipinski definition) is 1. The summed E-state index contributed by atoms with van der Waals surface area (Å²) in [6.07, 6.45) is 1.55. The first-order chi connectivity index (χ1) is 12.7. The van der Waals surface area contributed by atoms with E-state index in [-0.39, 0.29) is 16.8 Å². The van der Waals surface area contributed by atoms with Crippen LogP contribution in [0.5, 0.6) is 5.75 Å². The SMILES string of the molecule is CCOc1ccccc1-n1nnnc1SCC(=O)Nc1cccnc1Cl. The molecule has 0 spiro atoms. The summed E-state index contributed by atoms with van der Waals surface area (Å²) in [6.45, 7) is 2.43. The molecule has 0 unspecified atom stereocenters. The predicted octanol–water partition coefficient (Wildman–Crippen LogP) is 2.84. The van der Waals surface area contributed by atoms with Gasteiger partial charge in [-0.1, -0.05) is 35.5 Å². The van der Waals surface area contributed by atoms with Crippen molar-refractivity contribution in [1.82, 2.24) is 25.2 Å².